The molecular formula is C21H18FN5OS2. The number of rotatable bonds is 7. The van der Waals surface area contributed by atoms with E-state index in [1.807, 2.05) is 48.0 Å². The first-order valence-electron chi connectivity index (χ1n) is 9.16. The van der Waals surface area contributed by atoms with Crippen LogP contribution in [0.4, 0.5) is 4.39 Å². The van der Waals surface area contributed by atoms with E-state index in [-0.39, 0.29) is 17.5 Å². The average molecular weight is 440 g/mol. The van der Waals surface area contributed by atoms with E-state index in [2.05, 4.69) is 20.7 Å². The van der Waals surface area contributed by atoms with Crippen LogP contribution in [0.3, 0.4) is 0 Å². The third-order valence-corrected chi connectivity index (χ3v) is 6.32. The van der Waals surface area contributed by atoms with E-state index >= 15 is 0 Å². The van der Waals surface area contributed by atoms with Gasteiger partial charge >= 0.3 is 0 Å². The third-order valence-electron chi connectivity index (χ3n) is 4.35. The topological polar surface area (TPSA) is 72.2 Å². The van der Waals surface area contributed by atoms with Crippen molar-refractivity contribution in [3.05, 3.63) is 76.7 Å². The number of nitrogens with zero attached hydrogens (tertiary/aromatic N) is 4. The number of thioether (sulfide) groups is 1. The van der Waals surface area contributed by atoms with Crippen LogP contribution in [0.5, 0.6) is 0 Å². The largest absolute Gasteiger partial charge is 0.342 e. The Bertz CT molecular complexity index is 1220. The van der Waals surface area contributed by atoms with Gasteiger partial charge in [0.1, 0.15) is 10.8 Å². The summed E-state index contributed by atoms with van der Waals surface area (Å²) in [6.07, 6.45) is 3.52. The van der Waals surface area contributed by atoms with Gasteiger partial charge in [0.2, 0.25) is 0 Å². The second-order valence-corrected chi connectivity index (χ2v) is 8.89. The summed E-state index contributed by atoms with van der Waals surface area (Å²) < 4.78 is 16.8. The second-order valence-electron chi connectivity index (χ2n) is 6.49. The number of halogens is 1. The van der Waals surface area contributed by atoms with Gasteiger partial charge < -0.3 is 4.57 Å². The molecule has 0 radical (unpaired) electrons. The molecule has 2 heterocycles. The molecule has 2 aromatic carbocycles. The van der Waals surface area contributed by atoms with Crippen LogP contribution < -0.4 is 5.43 Å². The lowest BCUT2D eigenvalue weighted by molar-refractivity contribution is -0.118. The van der Waals surface area contributed by atoms with Crippen molar-refractivity contribution >= 4 is 46.1 Å². The molecule has 0 aliphatic rings. The molecule has 0 saturated carbocycles. The molecule has 152 valence electrons. The lowest BCUT2D eigenvalue weighted by Crippen LogP contribution is -2.19. The molecule has 0 spiro atoms. The highest BCUT2D eigenvalue weighted by atomic mass is 32.2. The van der Waals surface area contributed by atoms with Gasteiger partial charge in [0.05, 0.1) is 18.5 Å². The highest BCUT2D eigenvalue weighted by Gasteiger charge is 2.10. The summed E-state index contributed by atoms with van der Waals surface area (Å²) in [7, 11) is 0. The molecule has 0 saturated heterocycles. The molecule has 0 atom stereocenters. The Morgan fingerprint density at radius 1 is 1.23 bits per heavy atom. The van der Waals surface area contributed by atoms with Crippen LogP contribution in [0, 0.1) is 12.7 Å². The smallest absolute Gasteiger partial charge is 0.250 e. The third kappa shape index (κ3) is 4.74. The molecule has 6 nitrogen and oxygen atoms in total. The van der Waals surface area contributed by atoms with Crippen LogP contribution in [0.15, 0.2) is 64.2 Å². The number of carbonyl (C=O) groups is 1. The first kappa shape index (κ1) is 20.2. The highest BCUT2D eigenvalue weighted by Crippen LogP contribution is 2.23. The molecule has 1 N–H and O–H groups in total. The normalized spacial score (nSPS) is 11.4. The zero-order valence-corrected chi connectivity index (χ0v) is 17.7. The van der Waals surface area contributed by atoms with Crippen LogP contribution in [-0.2, 0) is 11.3 Å². The van der Waals surface area contributed by atoms with E-state index in [0.29, 0.717) is 12.1 Å². The molecule has 2 aromatic heterocycles. The zero-order valence-electron chi connectivity index (χ0n) is 16.1. The van der Waals surface area contributed by atoms with Crippen LogP contribution in [0.2, 0.25) is 0 Å². The monoisotopic (exact) mass is 439 g/mol. The van der Waals surface area contributed by atoms with Crippen molar-refractivity contribution in [2.45, 2.75) is 17.8 Å². The van der Waals surface area contributed by atoms with E-state index in [1.165, 1.54) is 29.2 Å². The van der Waals surface area contributed by atoms with E-state index < -0.39 is 0 Å². The van der Waals surface area contributed by atoms with Crippen LogP contribution >= 0.6 is 23.1 Å². The molecule has 0 unspecified atom stereocenters. The standard InChI is InChI=1S/C21H18FN5OS2/c1-14-24-26-21(30-14)29-13-20(28)25-23-10-16-12-27(19-9-5-3-7-17(16)19)11-15-6-2-4-8-18(15)22/h2-10,12H,11,13H2,1H3,(H,25,28)/b23-10+. The quantitative estimate of drug-likeness (QED) is 0.266. The molecule has 0 aliphatic heterocycles. The number of nitrogens with one attached hydrogen (secondary N) is 1. The highest BCUT2D eigenvalue weighted by molar-refractivity contribution is 8.01. The molecule has 4 rings (SSSR count). The Morgan fingerprint density at radius 2 is 2.03 bits per heavy atom. The Kier molecular flexibility index (Phi) is 6.20. The van der Waals surface area contributed by atoms with Gasteiger partial charge in [0.15, 0.2) is 4.34 Å². The predicted molar refractivity (Wildman–Crippen MR) is 119 cm³/mol. The van der Waals surface area contributed by atoms with E-state index in [4.69, 9.17) is 0 Å². The summed E-state index contributed by atoms with van der Waals surface area (Å²) >= 11 is 2.77. The molecule has 0 bridgehead atoms. The number of hydrogen-bond donors (Lipinski definition) is 1. The number of carbonyl (C=O) groups excluding carboxylic acids is 1. The van der Waals surface area contributed by atoms with E-state index in [9.17, 15) is 9.18 Å². The minimum Gasteiger partial charge on any atom is -0.342 e. The van der Waals surface area contributed by atoms with E-state index in [0.717, 1.165) is 25.8 Å². The van der Waals surface area contributed by atoms with Crippen LogP contribution in [0.1, 0.15) is 16.1 Å². The Labute approximate surface area is 180 Å². The average Bonchev–Trinajstić information content (AvgIpc) is 3.32. The molecule has 0 fully saturated rings. The number of hydrazone groups is 1. The lowest BCUT2D eigenvalue weighted by Gasteiger charge is -2.06. The van der Waals surface area contributed by atoms with Gasteiger partial charge in [0, 0.05) is 28.2 Å². The van der Waals surface area contributed by atoms with Gasteiger partial charge in [-0.1, -0.05) is 59.5 Å². The molecule has 1 amide bonds. The second kappa shape index (κ2) is 9.19. The number of hydrogen-bond acceptors (Lipinski definition) is 6. The van der Waals surface area contributed by atoms with Gasteiger partial charge in [-0.05, 0) is 19.1 Å². The summed E-state index contributed by atoms with van der Waals surface area (Å²) in [5.41, 5.74) is 4.96. The Hall–Kier alpha value is -3.04. The van der Waals surface area contributed by atoms with Crippen molar-refractivity contribution in [2.75, 3.05) is 5.75 Å². The summed E-state index contributed by atoms with van der Waals surface area (Å²) in [5, 5.41) is 13.8. The Balaban J connectivity index is 1.46. The zero-order chi connectivity index (χ0) is 20.9. The van der Waals surface area contributed by atoms with Gasteiger partial charge in [0.25, 0.3) is 5.91 Å². The van der Waals surface area contributed by atoms with Crippen molar-refractivity contribution in [3.8, 4) is 0 Å². The van der Waals surface area contributed by atoms with Crippen molar-refractivity contribution in [3.63, 3.8) is 0 Å². The fourth-order valence-electron chi connectivity index (χ4n) is 2.99. The molecule has 30 heavy (non-hydrogen) atoms. The number of aromatic nitrogens is 3. The molecule has 0 aliphatic carbocycles. The minimum absolute atomic E-state index is 0.209. The summed E-state index contributed by atoms with van der Waals surface area (Å²) in [4.78, 5) is 12.0. The lowest BCUT2D eigenvalue weighted by atomic mass is 10.2. The fraction of sp³-hybridized carbons (Fsp3) is 0.143. The number of fused-ring (bicyclic) bond motifs is 1. The number of amides is 1. The van der Waals surface area contributed by atoms with Gasteiger partial charge in [-0.3, -0.25) is 4.79 Å². The van der Waals surface area contributed by atoms with Gasteiger partial charge in [-0.2, -0.15) is 5.10 Å². The van der Waals surface area contributed by atoms with E-state index in [1.54, 1.807) is 18.3 Å². The molecular weight excluding hydrogens is 421 g/mol. The SMILES string of the molecule is Cc1nnc(SCC(=O)N/N=C/c2cn(Cc3ccccc3F)c3ccccc23)s1. The fourth-order valence-corrected chi connectivity index (χ4v) is 4.60. The van der Waals surface area contributed by atoms with Crippen molar-refractivity contribution < 1.29 is 9.18 Å². The number of para-hydroxylation sites is 1. The van der Waals surface area contributed by atoms with Crippen molar-refractivity contribution in [1.82, 2.24) is 20.2 Å². The molecule has 9 heteroatoms. The number of benzene rings is 2. The molecule has 4 aromatic rings. The van der Waals surface area contributed by atoms with Crippen LogP contribution in [0.25, 0.3) is 10.9 Å². The van der Waals surface area contributed by atoms with Gasteiger partial charge in [-0.15, -0.1) is 10.2 Å². The van der Waals surface area contributed by atoms with Crippen LogP contribution in [-0.4, -0.2) is 32.6 Å². The van der Waals surface area contributed by atoms with Gasteiger partial charge in [-0.25, -0.2) is 9.82 Å². The maximum absolute atomic E-state index is 14.1. The van der Waals surface area contributed by atoms with Crippen molar-refractivity contribution in [2.24, 2.45) is 5.10 Å². The maximum Gasteiger partial charge on any atom is 0.250 e. The Morgan fingerprint density at radius 3 is 2.83 bits per heavy atom. The summed E-state index contributed by atoms with van der Waals surface area (Å²) in [5.74, 6) is -0.249. The predicted octanol–water partition coefficient (Wildman–Crippen LogP) is 4.23. The first-order chi connectivity index (χ1) is 14.6. The maximum atomic E-state index is 14.1. The summed E-state index contributed by atoms with van der Waals surface area (Å²) in [6.45, 7) is 2.28. The van der Waals surface area contributed by atoms with Crippen molar-refractivity contribution in [1.29, 1.82) is 0 Å². The minimum atomic E-state index is -0.235. The number of aryl methyl sites for hydroxylation is 1. The summed E-state index contributed by atoms with van der Waals surface area (Å²) in [6, 6.07) is 14.6. The first-order valence-corrected chi connectivity index (χ1v) is 11.0.